The van der Waals surface area contributed by atoms with E-state index in [1.165, 1.54) is 0 Å². The van der Waals surface area contributed by atoms with Gasteiger partial charge < -0.3 is 0 Å². The molecule has 0 bridgehead atoms. The molecule has 0 atom stereocenters. The SMILES string of the molecule is Cc1c(C)c(C)n([O])c1C. The van der Waals surface area contributed by atoms with Crippen LogP contribution in [-0.2, 0) is 5.21 Å². The molecule has 0 aliphatic rings. The van der Waals surface area contributed by atoms with Crippen LogP contribution in [0.5, 0.6) is 0 Å². The minimum Gasteiger partial charge on any atom is -0.166 e. The highest BCUT2D eigenvalue weighted by molar-refractivity contribution is 5.34. The second-order valence-electron chi connectivity index (χ2n) is 2.72. The molecule has 0 aromatic carbocycles. The highest BCUT2D eigenvalue weighted by Gasteiger charge is 2.09. The fourth-order valence-corrected chi connectivity index (χ4v) is 1.10. The van der Waals surface area contributed by atoms with Crippen molar-refractivity contribution in [3.8, 4) is 0 Å². The smallest absolute Gasteiger partial charge is 0.0622 e. The van der Waals surface area contributed by atoms with Gasteiger partial charge in [-0.2, -0.15) is 5.21 Å². The van der Waals surface area contributed by atoms with Crippen molar-refractivity contribution >= 4 is 0 Å². The number of aromatic nitrogens is 1. The Hall–Kier alpha value is -0.920. The topological polar surface area (TPSA) is 24.8 Å². The van der Waals surface area contributed by atoms with E-state index in [0.29, 0.717) is 0 Å². The molecule has 0 N–H and O–H groups in total. The molecule has 0 unspecified atom stereocenters. The molecule has 1 rings (SSSR count). The standard InChI is InChI=1S/C8H12NO/c1-5-6(2)8(4)9(10)7(5)3/h1-4H3. The van der Waals surface area contributed by atoms with Gasteiger partial charge in [0.05, 0.1) is 11.4 Å². The zero-order valence-corrected chi connectivity index (χ0v) is 6.86. The van der Waals surface area contributed by atoms with E-state index in [0.717, 1.165) is 27.2 Å². The van der Waals surface area contributed by atoms with Crippen molar-refractivity contribution in [2.24, 2.45) is 0 Å². The minimum atomic E-state index is 0.829. The predicted molar refractivity (Wildman–Crippen MR) is 39.5 cm³/mol. The molecular weight excluding hydrogens is 126 g/mol. The lowest BCUT2D eigenvalue weighted by atomic mass is 10.2. The van der Waals surface area contributed by atoms with Crippen LogP contribution in [0.1, 0.15) is 22.5 Å². The molecule has 2 nitrogen and oxygen atoms in total. The zero-order valence-electron chi connectivity index (χ0n) is 6.86. The van der Waals surface area contributed by atoms with Crippen LogP contribution in [0.2, 0.25) is 0 Å². The van der Waals surface area contributed by atoms with Gasteiger partial charge in [-0.05, 0) is 38.8 Å². The van der Waals surface area contributed by atoms with Crippen molar-refractivity contribution < 1.29 is 5.21 Å². The molecule has 0 saturated heterocycles. The number of nitrogens with zero attached hydrogens (tertiary/aromatic N) is 1. The van der Waals surface area contributed by atoms with E-state index in [9.17, 15) is 5.21 Å². The first-order valence-corrected chi connectivity index (χ1v) is 3.38. The summed E-state index contributed by atoms with van der Waals surface area (Å²) in [5.74, 6) is 0. The fourth-order valence-electron chi connectivity index (χ4n) is 1.10. The highest BCUT2D eigenvalue weighted by atomic mass is 16.5. The highest BCUT2D eigenvalue weighted by Crippen LogP contribution is 2.17. The van der Waals surface area contributed by atoms with Gasteiger partial charge in [-0.1, -0.05) is 0 Å². The maximum Gasteiger partial charge on any atom is 0.0622 e. The number of rotatable bonds is 0. The molecule has 10 heavy (non-hydrogen) atoms. The Bertz CT molecular complexity index is 180. The lowest BCUT2D eigenvalue weighted by Crippen LogP contribution is -1.92. The summed E-state index contributed by atoms with van der Waals surface area (Å²) in [7, 11) is 0. The summed E-state index contributed by atoms with van der Waals surface area (Å²) in [4.78, 5) is 0. The van der Waals surface area contributed by atoms with E-state index in [1.54, 1.807) is 0 Å². The summed E-state index contributed by atoms with van der Waals surface area (Å²) in [5.41, 5.74) is 3.89. The quantitative estimate of drug-likeness (QED) is 0.523. The van der Waals surface area contributed by atoms with E-state index in [4.69, 9.17) is 0 Å². The van der Waals surface area contributed by atoms with Crippen LogP contribution in [0.4, 0.5) is 0 Å². The average Bonchev–Trinajstić information content (AvgIpc) is 2.07. The number of hydrogen-bond acceptors (Lipinski definition) is 0. The van der Waals surface area contributed by atoms with Crippen LogP contribution in [0.15, 0.2) is 0 Å². The van der Waals surface area contributed by atoms with Gasteiger partial charge in [-0.25, -0.2) is 0 Å². The van der Waals surface area contributed by atoms with Crippen LogP contribution >= 0.6 is 0 Å². The van der Waals surface area contributed by atoms with Crippen LogP contribution in [0.3, 0.4) is 0 Å². The Balaban J connectivity index is 3.44. The van der Waals surface area contributed by atoms with Crippen molar-refractivity contribution in [2.75, 3.05) is 0 Å². The molecule has 1 radical (unpaired) electrons. The van der Waals surface area contributed by atoms with Crippen LogP contribution in [0.25, 0.3) is 0 Å². The van der Waals surface area contributed by atoms with Crippen molar-refractivity contribution in [2.45, 2.75) is 27.7 Å². The Morgan fingerprint density at radius 3 is 1.30 bits per heavy atom. The lowest BCUT2D eigenvalue weighted by Gasteiger charge is -1.90. The molecule has 0 spiro atoms. The third kappa shape index (κ3) is 0.719. The third-order valence-corrected chi connectivity index (χ3v) is 2.26. The van der Waals surface area contributed by atoms with Gasteiger partial charge in [-0.3, -0.25) is 0 Å². The first-order chi connectivity index (χ1) is 4.55. The predicted octanol–water partition coefficient (Wildman–Crippen LogP) is 1.92. The summed E-state index contributed by atoms with van der Waals surface area (Å²) < 4.78 is 0.991. The summed E-state index contributed by atoms with van der Waals surface area (Å²) in [6.07, 6.45) is 0. The second-order valence-corrected chi connectivity index (χ2v) is 2.72. The van der Waals surface area contributed by atoms with Crippen molar-refractivity contribution in [1.82, 2.24) is 4.73 Å². The molecule has 55 valence electrons. The van der Waals surface area contributed by atoms with Gasteiger partial charge in [0.15, 0.2) is 0 Å². The molecule has 0 saturated carbocycles. The van der Waals surface area contributed by atoms with Crippen LogP contribution in [-0.4, -0.2) is 4.73 Å². The monoisotopic (exact) mass is 138 g/mol. The van der Waals surface area contributed by atoms with Crippen molar-refractivity contribution in [3.05, 3.63) is 22.5 Å². The van der Waals surface area contributed by atoms with Gasteiger partial charge in [-0.15, -0.1) is 4.73 Å². The maximum absolute atomic E-state index is 11.1. The van der Waals surface area contributed by atoms with E-state index in [-0.39, 0.29) is 0 Å². The molecule has 1 heterocycles. The van der Waals surface area contributed by atoms with Crippen LogP contribution < -0.4 is 0 Å². The fraction of sp³-hybridized carbons (Fsp3) is 0.500. The van der Waals surface area contributed by atoms with Crippen LogP contribution in [0, 0.1) is 27.7 Å². The second kappa shape index (κ2) is 2.04. The average molecular weight is 138 g/mol. The van der Waals surface area contributed by atoms with Gasteiger partial charge in [0, 0.05) is 0 Å². The minimum absolute atomic E-state index is 0.829. The Kier molecular flexibility index (Phi) is 1.47. The number of hydrogen-bond donors (Lipinski definition) is 0. The zero-order chi connectivity index (χ0) is 7.89. The molecule has 1 aromatic rings. The Morgan fingerprint density at radius 2 is 1.20 bits per heavy atom. The maximum atomic E-state index is 11.1. The largest absolute Gasteiger partial charge is 0.166 e. The normalized spacial score (nSPS) is 10.4. The van der Waals surface area contributed by atoms with Gasteiger partial charge in [0.1, 0.15) is 0 Å². The van der Waals surface area contributed by atoms with Gasteiger partial charge in [0.25, 0.3) is 0 Å². The molecule has 1 aromatic heterocycles. The van der Waals surface area contributed by atoms with Gasteiger partial charge in [0.2, 0.25) is 0 Å². The summed E-state index contributed by atoms with van der Waals surface area (Å²) in [5, 5.41) is 11.1. The molecular formula is C8H12NO. The van der Waals surface area contributed by atoms with Gasteiger partial charge >= 0.3 is 0 Å². The van der Waals surface area contributed by atoms with Crippen molar-refractivity contribution in [3.63, 3.8) is 0 Å². The van der Waals surface area contributed by atoms with Crippen molar-refractivity contribution in [1.29, 1.82) is 0 Å². The third-order valence-electron chi connectivity index (χ3n) is 2.26. The van der Waals surface area contributed by atoms with E-state index in [2.05, 4.69) is 0 Å². The first kappa shape index (κ1) is 7.19. The lowest BCUT2D eigenvalue weighted by molar-refractivity contribution is 0.0811. The Labute approximate surface area is 61.1 Å². The molecule has 0 fully saturated rings. The van der Waals surface area contributed by atoms with E-state index >= 15 is 0 Å². The van der Waals surface area contributed by atoms with E-state index in [1.807, 2.05) is 27.7 Å². The molecule has 0 aliphatic carbocycles. The Morgan fingerprint density at radius 1 is 0.900 bits per heavy atom. The molecule has 2 heteroatoms. The van der Waals surface area contributed by atoms with E-state index < -0.39 is 0 Å². The molecule has 0 aliphatic heterocycles. The summed E-state index contributed by atoms with van der Waals surface area (Å²) >= 11 is 0. The summed E-state index contributed by atoms with van der Waals surface area (Å²) in [6.45, 7) is 7.66. The molecule has 0 amide bonds. The first-order valence-electron chi connectivity index (χ1n) is 3.38. The summed E-state index contributed by atoms with van der Waals surface area (Å²) in [6, 6.07) is 0.